The molecule has 0 spiro atoms. The molecule has 0 radical (unpaired) electrons. The summed E-state index contributed by atoms with van der Waals surface area (Å²) in [6.45, 7) is -0.425. The fraction of sp³-hybridized carbons (Fsp3) is 0.529. The molecule has 2 unspecified atom stereocenters. The topological polar surface area (TPSA) is 160 Å². The molecule has 2 atom stereocenters. The summed E-state index contributed by atoms with van der Waals surface area (Å²) >= 11 is 0. The number of aliphatic carboxylic acids is 2. The van der Waals surface area contributed by atoms with E-state index in [2.05, 4.69) is 0 Å². The van der Waals surface area contributed by atoms with Crippen LogP contribution in [0, 0.1) is 0 Å². The Morgan fingerprint density at radius 3 is 1.96 bits per heavy atom. The van der Waals surface area contributed by atoms with Crippen LogP contribution in [0.25, 0.3) is 11.5 Å². The number of nitrogens with zero attached hydrogens (tertiary/aromatic N) is 1. The molecular formula is C17H26N3O5Pt-3. The average molecular weight is 547 g/mol. The zero-order valence-corrected chi connectivity index (χ0v) is 16.7. The molecule has 5 N–H and O–H groups in total. The summed E-state index contributed by atoms with van der Waals surface area (Å²) in [4.78, 5) is 22.3. The predicted molar refractivity (Wildman–Crippen MR) is 92.7 cm³/mol. The first-order valence-electron chi connectivity index (χ1n) is 7.98. The van der Waals surface area contributed by atoms with Crippen LogP contribution in [-0.2, 0) is 37.2 Å². The van der Waals surface area contributed by atoms with Gasteiger partial charge in [0.2, 0.25) is 0 Å². The van der Waals surface area contributed by atoms with E-state index in [0.29, 0.717) is 0 Å². The molecule has 1 fully saturated rings. The van der Waals surface area contributed by atoms with Crippen LogP contribution in [-0.4, -0.2) is 52.6 Å². The summed E-state index contributed by atoms with van der Waals surface area (Å²) in [5.74, 6) is -2.34. The Hall–Kier alpha value is -1.31. The van der Waals surface area contributed by atoms with Gasteiger partial charge in [-0.25, -0.2) is 0 Å². The van der Waals surface area contributed by atoms with Crippen LogP contribution in [0.1, 0.15) is 31.2 Å². The minimum atomic E-state index is -1.28. The molecule has 0 saturated heterocycles. The third-order valence-corrected chi connectivity index (χ3v) is 3.73. The van der Waals surface area contributed by atoms with Crippen molar-refractivity contribution in [3.8, 4) is 0 Å². The summed E-state index contributed by atoms with van der Waals surface area (Å²) < 4.78 is 0. The van der Waals surface area contributed by atoms with E-state index in [4.69, 9.17) is 16.6 Å². The molecule has 0 heterocycles. The van der Waals surface area contributed by atoms with E-state index in [1.165, 1.54) is 17.7 Å². The van der Waals surface area contributed by atoms with Gasteiger partial charge in [-0.3, -0.25) is 9.69 Å². The smallest absolute Gasteiger partial charge is 0.317 e. The van der Waals surface area contributed by atoms with Crippen LogP contribution in [0.2, 0.25) is 0 Å². The van der Waals surface area contributed by atoms with Gasteiger partial charge in [0, 0.05) is 34.2 Å². The van der Waals surface area contributed by atoms with E-state index in [1.807, 2.05) is 30.3 Å². The normalized spacial score (nSPS) is 18.6. The summed E-state index contributed by atoms with van der Waals surface area (Å²) in [5.41, 5.74) is 15.4. The molecule has 8 nitrogen and oxygen atoms in total. The van der Waals surface area contributed by atoms with Crippen molar-refractivity contribution in [1.29, 1.82) is 0 Å². The Kier molecular flexibility index (Phi) is 15.3. The van der Waals surface area contributed by atoms with Crippen molar-refractivity contribution < 1.29 is 46.3 Å². The monoisotopic (exact) mass is 547 g/mol. The summed E-state index contributed by atoms with van der Waals surface area (Å²) in [7, 11) is 0. The number of benzene rings is 1. The van der Waals surface area contributed by atoms with Gasteiger partial charge in [0.15, 0.2) is 0 Å². The number of rotatable bonds is 6. The molecule has 0 amide bonds. The van der Waals surface area contributed by atoms with Gasteiger partial charge in [0.05, 0.1) is 12.5 Å². The van der Waals surface area contributed by atoms with E-state index >= 15 is 0 Å². The fourth-order valence-electron chi connectivity index (χ4n) is 2.51. The molecule has 1 saturated carbocycles. The molecular weight excluding hydrogens is 521 g/mol. The molecule has 0 bridgehead atoms. The minimum Gasteiger partial charge on any atom is -0.676 e. The second-order valence-corrected chi connectivity index (χ2v) is 5.89. The molecule has 1 aromatic carbocycles. The van der Waals surface area contributed by atoms with Crippen LogP contribution in [0.15, 0.2) is 30.3 Å². The number of carbonyl (C=O) groups is 2. The molecule has 26 heavy (non-hydrogen) atoms. The zero-order chi connectivity index (χ0) is 17.9. The largest absolute Gasteiger partial charge is 0.676 e. The van der Waals surface area contributed by atoms with Crippen molar-refractivity contribution in [2.45, 2.75) is 44.3 Å². The fourth-order valence-corrected chi connectivity index (χ4v) is 2.51. The van der Waals surface area contributed by atoms with Gasteiger partial charge in [0.25, 0.3) is 0 Å². The molecule has 1 aliphatic rings. The van der Waals surface area contributed by atoms with Gasteiger partial charge in [-0.15, -0.1) is 0 Å². The van der Waals surface area contributed by atoms with Gasteiger partial charge >= 0.3 is 5.97 Å². The maximum atomic E-state index is 10.5. The SMILES string of the molecule is O.O=C([O-])CN(CC(=O)O)Cc1ccccc1.[NH-]C1CCCCC1[NH-].[Pt]. The maximum absolute atomic E-state index is 10.5. The van der Waals surface area contributed by atoms with Gasteiger partial charge in [-0.2, -0.15) is 12.1 Å². The Bertz CT molecular complexity index is 492. The average Bonchev–Trinajstić information content (AvgIpc) is 2.50. The van der Waals surface area contributed by atoms with Crippen molar-refractivity contribution in [2.75, 3.05) is 13.1 Å². The maximum Gasteiger partial charge on any atom is 0.317 e. The van der Waals surface area contributed by atoms with E-state index in [0.717, 1.165) is 18.4 Å². The van der Waals surface area contributed by atoms with Crippen molar-refractivity contribution >= 4 is 11.9 Å². The second-order valence-electron chi connectivity index (χ2n) is 5.89. The second kappa shape index (κ2) is 14.8. The Labute approximate surface area is 168 Å². The number of carbonyl (C=O) groups excluding carboxylic acids is 1. The number of hydrogen-bond donors (Lipinski definition) is 1. The summed E-state index contributed by atoms with van der Waals surface area (Å²) in [5, 5.41) is 19.1. The van der Waals surface area contributed by atoms with Crippen LogP contribution >= 0.6 is 0 Å². The molecule has 1 aliphatic carbocycles. The summed E-state index contributed by atoms with van der Waals surface area (Å²) in [6, 6.07) is 8.92. The first-order valence-corrected chi connectivity index (χ1v) is 7.98. The van der Waals surface area contributed by atoms with Crippen LogP contribution in [0.3, 0.4) is 0 Å². The van der Waals surface area contributed by atoms with Crippen molar-refractivity contribution in [3.05, 3.63) is 47.4 Å². The molecule has 0 aromatic heterocycles. The molecule has 0 aliphatic heterocycles. The first-order chi connectivity index (χ1) is 11.4. The minimum absolute atomic E-state index is 0. The van der Waals surface area contributed by atoms with Crippen molar-refractivity contribution in [1.82, 2.24) is 4.90 Å². The standard InChI is InChI=1S/C11H13NO4.C6H12N2.H2O.Pt/c13-10(14)7-12(8-11(15)16)6-9-4-2-1-3-5-9;7-5-3-1-2-4-6(5)8;;/h1-5H,6-8H2,(H,13,14)(H,15,16);5-8H,1-4H2;1H2;/q;-2;;/p-1. The summed E-state index contributed by atoms with van der Waals surface area (Å²) in [6.07, 6.45) is 4.25. The Balaban J connectivity index is 0. The van der Waals surface area contributed by atoms with Gasteiger partial charge in [-0.05, 0) is 5.56 Å². The van der Waals surface area contributed by atoms with E-state index in [9.17, 15) is 14.7 Å². The zero-order valence-electron chi connectivity index (χ0n) is 14.4. The first kappa shape index (κ1) is 26.9. The van der Waals surface area contributed by atoms with E-state index in [1.54, 1.807) is 0 Å². The quantitative estimate of drug-likeness (QED) is 0.559. The Morgan fingerprint density at radius 2 is 1.58 bits per heavy atom. The Morgan fingerprint density at radius 1 is 1.08 bits per heavy atom. The molecule has 152 valence electrons. The van der Waals surface area contributed by atoms with Gasteiger partial charge in [-0.1, -0.05) is 56.0 Å². The van der Waals surface area contributed by atoms with Crippen LogP contribution in [0.5, 0.6) is 0 Å². The van der Waals surface area contributed by atoms with Gasteiger partial charge < -0.3 is 32.0 Å². The van der Waals surface area contributed by atoms with E-state index < -0.39 is 11.9 Å². The number of hydrogen-bond acceptors (Lipinski definition) is 4. The molecule has 2 rings (SSSR count). The predicted octanol–water partition coefficient (Wildman–Crippen LogP) is 0.898. The van der Waals surface area contributed by atoms with Crippen LogP contribution < -0.4 is 5.11 Å². The van der Waals surface area contributed by atoms with Gasteiger partial charge in [0.1, 0.15) is 0 Å². The molecule has 9 heteroatoms. The number of carboxylic acids is 2. The van der Waals surface area contributed by atoms with Crippen molar-refractivity contribution in [3.63, 3.8) is 0 Å². The third-order valence-electron chi connectivity index (χ3n) is 3.73. The number of nitrogens with one attached hydrogen (secondary N) is 2. The molecule has 1 aromatic rings. The van der Waals surface area contributed by atoms with E-state index in [-0.39, 0.29) is 58.3 Å². The third kappa shape index (κ3) is 12.1. The number of carboxylic acid groups (broad SMARTS) is 2. The van der Waals surface area contributed by atoms with Crippen molar-refractivity contribution in [2.24, 2.45) is 0 Å². The van der Waals surface area contributed by atoms with Crippen LogP contribution in [0.4, 0.5) is 0 Å².